The van der Waals surface area contributed by atoms with Gasteiger partial charge in [0.2, 0.25) is 5.91 Å². The smallest absolute Gasteiger partial charge is 0.255 e. The van der Waals surface area contributed by atoms with Crippen molar-refractivity contribution in [1.29, 1.82) is 0 Å². The zero-order valence-electron chi connectivity index (χ0n) is 16.0. The number of rotatable bonds is 7. The van der Waals surface area contributed by atoms with Crippen LogP contribution in [0.25, 0.3) is 0 Å². The SMILES string of the molecule is Cc1ccc([C@@H](CNC(=O)CNC(=O)c2ccoc2C)N2CCCC2)cc1. The Bertz CT molecular complexity index is 776. The van der Waals surface area contributed by atoms with E-state index in [1.54, 1.807) is 13.0 Å². The summed E-state index contributed by atoms with van der Waals surface area (Å²) in [4.78, 5) is 26.7. The molecule has 27 heavy (non-hydrogen) atoms. The highest BCUT2D eigenvalue weighted by Gasteiger charge is 2.24. The summed E-state index contributed by atoms with van der Waals surface area (Å²) in [6.07, 6.45) is 3.85. The lowest BCUT2D eigenvalue weighted by atomic mass is 10.0. The monoisotopic (exact) mass is 369 g/mol. The summed E-state index contributed by atoms with van der Waals surface area (Å²) < 4.78 is 5.12. The van der Waals surface area contributed by atoms with Crippen LogP contribution in [0.3, 0.4) is 0 Å². The van der Waals surface area contributed by atoms with E-state index < -0.39 is 0 Å². The average Bonchev–Trinajstić information content (AvgIpc) is 3.33. The summed E-state index contributed by atoms with van der Waals surface area (Å²) in [5, 5.41) is 5.61. The maximum atomic E-state index is 12.2. The van der Waals surface area contributed by atoms with Gasteiger partial charge in [0.1, 0.15) is 5.76 Å². The summed E-state index contributed by atoms with van der Waals surface area (Å²) in [5.74, 6) is 0.0493. The van der Waals surface area contributed by atoms with Gasteiger partial charge in [0.05, 0.1) is 24.4 Å². The van der Waals surface area contributed by atoms with E-state index in [1.165, 1.54) is 30.2 Å². The minimum absolute atomic E-state index is 0.0515. The molecule has 2 heterocycles. The van der Waals surface area contributed by atoms with E-state index in [2.05, 4.69) is 46.7 Å². The molecule has 1 aromatic carbocycles. The van der Waals surface area contributed by atoms with Gasteiger partial charge in [0.25, 0.3) is 5.91 Å². The Hall–Kier alpha value is -2.60. The molecule has 0 saturated carbocycles. The Balaban J connectivity index is 1.54. The molecule has 6 heteroatoms. The number of likely N-dealkylation sites (tertiary alicyclic amines) is 1. The van der Waals surface area contributed by atoms with Gasteiger partial charge in [0.15, 0.2) is 0 Å². The molecule has 1 aromatic heterocycles. The van der Waals surface area contributed by atoms with Gasteiger partial charge in [-0.2, -0.15) is 0 Å². The first kappa shape index (κ1) is 19.2. The van der Waals surface area contributed by atoms with Crippen molar-refractivity contribution in [2.75, 3.05) is 26.2 Å². The van der Waals surface area contributed by atoms with Crippen molar-refractivity contribution >= 4 is 11.8 Å². The van der Waals surface area contributed by atoms with E-state index >= 15 is 0 Å². The molecule has 1 saturated heterocycles. The van der Waals surface area contributed by atoms with Gasteiger partial charge in [-0.25, -0.2) is 0 Å². The molecular weight excluding hydrogens is 342 g/mol. The molecule has 1 aliphatic rings. The summed E-state index contributed by atoms with van der Waals surface area (Å²) in [6.45, 7) is 6.36. The molecular formula is C21H27N3O3. The summed E-state index contributed by atoms with van der Waals surface area (Å²) in [6, 6.07) is 10.2. The Morgan fingerprint density at radius 3 is 2.41 bits per heavy atom. The molecule has 3 rings (SSSR count). The minimum atomic E-state index is -0.300. The molecule has 1 atom stereocenters. The van der Waals surface area contributed by atoms with E-state index in [4.69, 9.17) is 4.42 Å². The molecule has 1 fully saturated rings. The van der Waals surface area contributed by atoms with Crippen LogP contribution < -0.4 is 10.6 Å². The van der Waals surface area contributed by atoms with Crippen molar-refractivity contribution in [3.63, 3.8) is 0 Å². The third-order valence-electron chi connectivity index (χ3n) is 5.05. The highest BCUT2D eigenvalue weighted by atomic mass is 16.3. The van der Waals surface area contributed by atoms with Gasteiger partial charge in [-0.3, -0.25) is 14.5 Å². The van der Waals surface area contributed by atoms with Crippen molar-refractivity contribution in [2.45, 2.75) is 32.7 Å². The molecule has 2 amide bonds. The highest BCUT2D eigenvalue weighted by molar-refractivity contribution is 5.97. The minimum Gasteiger partial charge on any atom is -0.469 e. The maximum Gasteiger partial charge on any atom is 0.255 e. The van der Waals surface area contributed by atoms with E-state index in [9.17, 15) is 9.59 Å². The zero-order valence-corrected chi connectivity index (χ0v) is 16.0. The molecule has 2 aromatic rings. The van der Waals surface area contributed by atoms with Gasteiger partial charge in [-0.15, -0.1) is 0 Å². The van der Waals surface area contributed by atoms with Crippen LogP contribution in [0.4, 0.5) is 0 Å². The third-order valence-corrected chi connectivity index (χ3v) is 5.05. The number of nitrogens with zero attached hydrogens (tertiary/aromatic N) is 1. The number of amides is 2. The summed E-state index contributed by atoms with van der Waals surface area (Å²) >= 11 is 0. The molecule has 6 nitrogen and oxygen atoms in total. The third kappa shape index (κ3) is 4.98. The van der Waals surface area contributed by atoms with Crippen molar-refractivity contribution in [3.8, 4) is 0 Å². The molecule has 0 radical (unpaired) electrons. The zero-order chi connectivity index (χ0) is 19.2. The first-order valence-electron chi connectivity index (χ1n) is 9.44. The van der Waals surface area contributed by atoms with Crippen LogP contribution in [0.15, 0.2) is 41.0 Å². The molecule has 0 unspecified atom stereocenters. The first-order valence-corrected chi connectivity index (χ1v) is 9.44. The topological polar surface area (TPSA) is 74.6 Å². The highest BCUT2D eigenvalue weighted by Crippen LogP contribution is 2.24. The van der Waals surface area contributed by atoms with Gasteiger partial charge in [0, 0.05) is 6.54 Å². The second-order valence-corrected chi connectivity index (χ2v) is 7.05. The van der Waals surface area contributed by atoms with Crippen LogP contribution in [0, 0.1) is 13.8 Å². The van der Waals surface area contributed by atoms with Crippen LogP contribution in [0.2, 0.25) is 0 Å². The molecule has 2 N–H and O–H groups in total. The maximum absolute atomic E-state index is 12.2. The molecule has 144 valence electrons. The Morgan fingerprint density at radius 2 is 1.78 bits per heavy atom. The Labute approximate surface area is 159 Å². The molecule has 1 aliphatic heterocycles. The largest absolute Gasteiger partial charge is 0.469 e. The van der Waals surface area contributed by atoms with E-state index in [1.807, 2.05) is 0 Å². The van der Waals surface area contributed by atoms with E-state index in [0.717, 1.165) is 13.1 Å². The fourth-order valence-corrected chi connectivity index (χ4v) is 3.45. The number of nitrogens with one attached hydrogen (secondary N) is 2. The number of carbonyl (C=O) groups excluding carboxylic acids is 2. The second-order valence-electron chi connectivity index (χ2n) is 7.05. The number of hydrogen-bond acceptors (Lipinski definition) is 4. The second kappa shape index (κ2) is 8.86. The fraction of sp³-hybridized carbons (Fsp3) is 0.429. The number of carbonyl (C=O) groups is 2. The lowest BCUT2D eigenvalue weighted by Crippen LogP contribution is -2.41. The predicted octanol–water partition coefficient (Wildman–Crippen LogP) is 2.58. The van der Waals surface area contributed by atoms with E-state index in [0.29, 0.717) is 17.9 Å². The summed E-state index contributed by atoms with van der Waals surface area (Å²) in [5.41, 5.74) is 2.89. The van der Waals surface area contributed by atoms with Gasteiger partial charge in [-0.1, -0.05) is 29.8 Å². The molecule has 0 aliphatic carbocycles. The Kier molecular flexibility index (Phi) is 6.29. The van der Waals surface area contributed by atoms with Crippen LogP contribution in [-0.4, -0.2) is 42.9 Å². The van der Waals surface area contributed by atoms with Gasteiger partial charge < -0.3 is 15.1 Å². The number of benzene rings is 1. The van der Waals surface area contributed by atoms with Crippen molar-refractivity contribution in [1.82, 2.24) is 15.5 Å². The molecule has 0 bridgehead atoms. The first-order chi connectivity index (χ1) is 13.0. The summed E-state index contributed by atoms with van der Waals surface area (Å²) in [7, 11) is 0. The van der Waals surface area contributed by atoms with Gasteiger partial charge in [-0.05, 0) is 51.4 Å². The lowest BCUT2D eigenvalue weighted by molar-refractivity contribution is -0.120. The standard InChI is InChI=1S/C21H27N3O3/c1-15-5-7-17(8-6-15)19(24-10-3-4-11-24)13-22-20(25)14-23-21(26)18-9-12-27-16(18)2/h5-9,12,19H,3-4,10-11,13-14H2,1-2H3,(H,22,25)(H,23,26)/t19-/m1/s1. The van der Waals surface area contributed by atoms with Crippen molar-refractivity contribution in [3.05, 3.63) is 59.0 Å². The predicted molar refractivity (Wildman–Crippen MR) is 104 cm³/mol. The van der Waals surface area contributed by atoms with Crippen molar-refractivity contribution in [2.24, 2.45) is 0 Å². The van der Waals surface area contributed by atoms with Crippen LogP contribution in [0.1, 0.15) is 46.1 Å². The quantitative estimate of drug-likeness (QED) is 0.787. The van der Waals surface area contributed by atoms with Crippen LogP contribution >= 0.6 is 0 Å². The lowest BCUT2D eigenvalue weighted by Gasteiger charge is -2.28. The number of furan rings is 1. The van der Waals surface area contributed by atoms with Crippen LogP contribution in [0.5, 0.6) is 0 Å². The normalized spacial score (nSPS) is 15.5. The van der Waals surface area contributed by atoms with Crippen molar-refractivity contribution < 1.29 is 14.0 Å². The Morgan fingerprint density at radius 1 is 1.07 bits per heavy atom. The fourth-order valence-electron chi connectivity index (χ4n) is 3.45. The van der Waals surface area contributed by atoms with Gasteiger partial charge >= 0.3 is 0 Å². The molecule has 0 spiro atoms. The number of aryl methyl sites for hydroxylation is 2. The van der Waals surface area contributed by atoms with Crippen LogP contribution in [-0.2, 0) is 4.79 Å². The van der Waals surface area contributed by atoms with E-state index in [-0.39, 0.29) is 24.4 Å². The average molecular weight is 369 g/mol. The number of hydrogen-bond donors (Lipinski definition) is 2.